The van der Waals surface area contributed by atoms with E-state index in [0.29, 0.717) is 15.9 Å². The lowest BCUT2D eigenvalue weighted by Crippen LogP contribution is -1.95. The fourth-order valence-corrected chi connectivity index (χ4v) is 2.86. The van der Waals surface area contributed by atoms with Crippen LogP contribution >= 0.6 is 31.9 Å². The second-order valence-electron chi connectivity index (χ2n) is 4.46. The second kappa shape index (κ2) is 5.61. The zero-order valence-electron chi connectivity index (χ0n) is 10.7. The van der Waals surface area contributed by atoms with Gasteiger partial charge < -0.3 is 5.73 Å². The van der Waals surface area contributed by atoms with Gasteiger partial charge in [0.05, 0.1) is 22.0 Å². The minimum absolute atomic E-state index is 0.317. The number of halogens is 3. The highest BCUT2D eigenvalue weighted by Gasteiger charge is 2.12. The third-order valence-corrected chi connectivity index (χ3v) is 4.31. The van der Waals surface area contributed by atoms with Gasteiger partial charge in [-0.3, -0.25) is 0 Å². The lowest BCUT2D eigenvalue weighted by Gasteiger charge is -2.03. The van der Waals surface area contributed by atoms with Crippen molar-refractivity contribution in [1.82, 2.24) is 9.78 Å². The summed E-state index contributed by atoms with van der Waals surface area (Å²) >= 11 is 6.66. The van der Waals surface area contributed by atoms with Gasteiger partial charge >= 0.3 is 0 Å². The van der Waals surface area contributed by atoms with Crippen molar-refractivity contribution in [2.75, 3.05) is 5.73 Å². The summed E-state index contributed by atoms with van der Waals surface area (Å²) in [6.45, 7) is 0. The summed E-state index contributed by atoms with van der Waals surface area (Å²) in [5.41, 5.74) is 8.83. The number of rotatable bonds is 2. The van der Waals surface area contributed by atoms with Crippen LogP contribution in [0.4, 0.5) is 10.1 Å². The molecular formula is C15H10Br2FN3. The fraction of sp³-hybridized carbons (Fsp3) is 0. The van der Waals surface area contributed by atoms with Crippen molar-refractivity contribution in [2.24, 2.45) is 0 Å². The second-order valence-corrected chi connectivity index (χ2v) is 6.17. The number of anilines is 1. The van der Waals surface area contributed by atoms with Crippen molar-refractivity contribution in [3.8, 4) is 16.9 Å². The Bertz CT molecular complexity index is 814. The Balaban J connectivity index is 2.10. The molecule has 0 saturated heterocycles. The summed E-state index contributed by atoms with van der Waals surface area (Å²) < 4.78 is 16.3. The monoisotopic (exact) mass is 409 g/mol. The predicted molar refractivity (Wildman–Crippen MR) is 88.8 cm³/mol. The Labute approximate surface area is 137 Å². The van der Waals surface area contributed by atoms with E-state index in [9.17, 15) is 4.39 Å². The molecule has 1 heterocycles. The molecule has 0 fully saturated rings. The molecule has 0 aliphatic carbocycles. The highest BCUT2D eigenvalue weighted by atomic mass is 79.9. The van der Waals surface area contributed by atoms with Crippen LogP contribution in [-0.4, -0.2) is 9.78 Å². The van der Waals surface area contributed by atoms with Crippen LogP contribution in [0.2, 0.25) is 0 Å². The Morgan fingerprint density at radius 2 is 1.81 bits per heavy atom. The lowest BCUT2D eigenvalue weighted by atomic mass is 10.1. The van der Waals surface area contributed by atoms with Crippen LogP contribution in [0.25, 0.3) is 16.9 Å². The van der Waals surface area contributed by atoms with Crippen molar-refractivity contribution < 1.29 is 4.39 Å². The molecule has 21 heavy (non-hydrogen) atoms. The van der Waals surface area contributed by atoms with Gasteiger partial charge in [-0.15, -0.1) is 0 Å². The molecule has 2 N–H and O–H groups in total. The standard InChI is InChI=1S/C15H10Br2FN3/c16-10-3-1-2-4-14(10)21-8-13(19)15(20-21)9-5-6-12(18)11(17)7-9/h1-8H,19H2. The highest BCUT2D eigenvalue weighted by Crippen LogP contribution is 2.30. The molecule has 106 valence electrons. The average Bonchev–Trinajstić information content (AvgIpc) is 2.84. The van der Waals surface area contributed by atoms with Crippen molar-refractivity contribution >= 4 is 37.5 Å². The van der Waals surface area contributed by atoms with Crippen molar-refractivity contribution in [3.05, 3.63) is 63.4 Å². The maximum Gasteiger partial charge on any atom is 0.137 e. The van der Waals surface area contributed by atoms with E-state index in [1.807, 2.05) is 24.3 Å². The first-order chi connectivity index (χ1) is 10.1. The van der Waals surface area contributed by atoms with Crippen molar-refractivity contribution in [1.29, 1.82) is 0 Å². The van der Waals surface area contributed by atoms with Gasteiger partial charge in [-0.25, -0.2) is 9.07 Å². The molecule has 0 amide bonds. The first-order valence-corrected chi connectivity index (χ1v) is 7.70. The summed E-state index contributed by atoms with van der Waals surface area (Å²) in [5.74, 6) is -0.317. The van der Waals surface area contributed by atoms with E-state index in [1.54, 1.807) is 23.0 Å². The normalized spacial score (nSPS) is 10.8. The van der Waals surface area contributed by atoms with E-state index in [1.165, 1.54) is 6.07 Å². The summed E-state index contributed by atoms with van der Waals surface area (Å²) in [7, 11) is 0. The largest absolute Gasteiger partial charge is 0.396 e. The van der Waals surface area contributed by atoms with Crippen LogP contribution in [0.15, 0.2) is 57.6 Å². The molecule has 0 unspecified atom stereocenters. The number of nitrogen functional groups attached to an aromatic ring is 1. The summed E-state index contributed by atoms with van der Waals surface area (Å²) in [5, 5.41) is 4.50. The van der Waals surface area contributed by atoms with Gasteiger partial charge in [0.15, 0.2) is 0 Å². The molecule has 0 saturated carbocycles. The summed E-state index contributed by atoms with van der Waals surface area (Å²) in [6.07, 6.45) is 1.74. The predicted octanol–water partition coefficient (Wildman–Crippen LogP) is 4.79. The third-order valence-electron chi connectivity index (χ3n) is 3.03. The first kappa shape index (κ1) is 14.3. The van der Waals surface area contributed by atoms with Gasteiger partial charge in [-0.1, -0.05) is 12.1 Å². The highest BCUT2D eigenvalue weighted by molar-refractivity contribution is 9.10. The van der Waals surface area contributed by atoms with Crippen LogP contribution in [0.1, 0.15) is 0 Å². The van der Waals surface area contributed by atoms with E-state index < -0.39 is 0 Å². The minimum Gasteiger partial charge on any atom is -0.396 e. The SMILES string of the molecule is Nc1cn(-c2ccccc2Br)nc1-c1ccc(F)c(Br)c1. The van der Waals surface area contributed by atoms with E-state index in [2.05, 4.69) is 37.0 Å². The molecule has 0 radical (unpaired) electrons. The number of benzene rings is 2. The Hall–Kier alpha value is -1.66. The Kier molecular flexibility index (Phi) is 3.82. The van der Waals surface area contributed by atoms with Crippen LogP contribution in [0, 0.1) is 5.82 Å². The van der Waals surface area contributed by atoms with Gasteiger partial charge in [-0.2, -0.15) is 5.10 Å². The van der Waals surface area contributed by atoms with Crippen molar-refractivity contribution in [2.45, 2.75) is 0 Å². The molecule has 6 heteroatoms. The summed E-state index contributed by atoms with van der Waals surface area (Å²) in [4.78, 5) is 0. The van der Waals surface area contributed by atoms with Gasteiger partial charge in [0.1, 0.15) is 11.5 Å². The zero-order chi connectivity index (χ0) is 15.0. The maximum absolute atomic E-state index is 13.3. The molecule has 0 atom stereocenters. The van der Waals surface area contributed by atoms with E-state index in [-0.39, 0.29) is 5.82 Å². The third kappa shape index (κ3) is 2.73. The van der Waals surface area contributed by atoms with Gasteiger partial charge in [0.25, 0.3) is 0 Å². The number of aromatic nitrogens is 2. The van der Waals surface area contributed by atoms with Gasteiger partial charge in [-0.05, 0) is 62.2 Å². The molecule has 3 rings (SSSR count). The van der Waals surface area contributed by atoms with Crippen LogP contribution in [-0.2, 0) is 0 Å². The van der Waals surface area contributed by atoms with E-state index >= 15 is 0 Å². The lowest BCUT2D eigenvalue weighted by molar-refractivity contribution is 0.621. The fourth-order valence-electron chi connectivity index (χ4n) is 2.02. The molecule has 1 aromatic heterocycles. The number of nitrogens with two attached hydrogens (primary N) is 1. The number of para-hydroxylation sites is 1. The molecule has 0 aliphatic rings. The zero-order valence-corrected chi connectivity index (χ0v) is 13.9. The molecule has 0 bridgehead atoms. The number of hydrogen-bond acceptors (Lipinski definition) is 2. The quantitative estimate of drug-likeness (QED) is 0.660. The number of nitrogens with zero attached hydrogens (tertiary/aromatic N) is 2. The molecule has 3 aromatic rings. The summed E-state index contributed by atoms with van der Waals surface area (Å²) in [6, 6.07) is 12.4. The van der Waals surface area contributed by atoms with Crippen LogP contribution in [0.3, 0.4) is 0 Å². The van der Waals surface area contributed by atoms with Gasteiger partial charge in [0.2, 0.25) is 0 Å². The van der Waals surface area contributed by atoms with Crippen molar-refractivity contribution in [3.63, 3.8) is 0 Å². The maximum atomic E-state index is 13.3. The van der Waals surface area contributed by atoms with Crippen LogP contribution in [0.5, 0.6) is 0 Å². The van der Waals surface area contributed by atoms with E-state index in [4.69, 9.17) is 5.73 Å². The topological polar surface area (TPSA) is 43.8 Å². The molecular weight excluding hydrogens is 401 g/mol. The Morgan fingerprint density at radius 3 is 2.52 bits per heavy atom. The molecule has 2 aromatic carbocycles. The number of hydrogen-bond donors (Lipinski definition) is 1. The Morgan fingerprint density at radius 1 is 1.05 bits per heavy atom. The van der Waals surface area contributed by atoms with Crippen LogP contribution < -0.4 is 5.73 Å². The smallest absolute Gasteiger partial charge is 0.137 e. The molecule has 0 aliphatic heterocycles. The van der Waals surface area contributed by atoms with Gasteiger partial charge in [0, 0.05) is 10.0 Å². The van der Waals surface area contributed by atoms with E-state index in [0.717, 1.165) is 15.7 Å². The minimum atomic E-state index is -0.317. The average molecular weight is 411 g/mol. The molecule has 3 nitrogen and oxygen atoms in total. The first-order valence-electron chi connectivity index (χ1n) is 6.12. The molecule has 0 spiro atoms.